The van der Waals surface area contributed by atoms with Crippen molar-refractivity contribution in [3.8, 4) is 0 Å². The quantitative estimate of drug-likeness (QED) is 0.739. The average Bonchev–Trinajstić information content (AvgIpc) is 2.64. The number of hydrogen-bond acceptors (Lipinski definition) is 3. The molecular weight excluding hydrogens is 302 g/mol. The molecule has 1 aromatic heterocycles. The van der Waals surface area contributed by atoms with Crippen molar-refractivity contribution in [2.24, 2.45) is 0 Å². The van der Waals surface area contributed by atoms with Crippen LogP contribution >= 0.6 is 0 Å². The highest BCUT2D eigenvalue weighted by Gasteiger charge is 2.27. The van der Waals surface area contributed by atoms with E-state index in [9.17, 15) is 5.11 Å². The van der Waals surface area contributed by atoms with E-state index in [4.69, 9.17) is 4.74 Å². The second kappa shape index (κ2) is 8.78. The van der Waals surface area contributed by atoms with Gasteiger partial charge >= 0.3 is 0 Å². The first kappa shape index (κ1) is 16.9. The molecule has 0 unspecified atom stereocenters. The molecule has 24 heavy (non-hydrogen) atoms. The molecule has 5 heteroatoms. The van der Waals surface area contributed by atoms with Gasteiger partial charge in [0.25, 0.3) is 5.82 Å². The van der Waals surface area contributed by atoms with Crippen LogP contribution < -0.4 is 14.8 Å². The molecule has 5 nitrogen and oxygen atoms in total. The maximum absolute atomic E-state index is 10.2. The van der Waals surface area contributed by atoms with Crippen molar-refractivity contribution in [3.63, 3.8) is 0 Å². The van der Waals surface area contributed by atoms with Gasteiger partial charge in [0.05, 0.1) is 19.4 Å². The minimum atomic E-state index is -0.404. The number of ether oxygens (including phenoxy) is 1. The second-order valence-electron chi connectivity index (χ2n) is 6.34. The summed E-state index contributed by atoms with van der Waals surface area (Å²) in [4.78, 5) is 7.09. The Bertz CT molecular complexity index is 586. The molecule has 1 fully saturated rings. The minimum absolute atomic E-state index is 0.397. The maximum Gasteiger partial charge on any atom is 0.274 e. The van der Waals surface area contributed by atoms with Crippen LogP contribution in [-0.4, -0.2) is 50.5 Å². The Morgan fingerprint density at radius 1 is 1.08 bits per heavy atom. The van der Waals surface area contributed by atoms with Crippen LogP contribution in [0.1, 0.15) is 5.56 Å². The van der Waals surface area contributed by atoms with Crippen molar-refractivity contribution < 1.29 is 19.7 Å². The standard InChI is InChI=1S/C19H25N3O2/c23-18(16-24-15-17-6-2-1-3-7-17)14-21-10-12-22(13-11-21)19-8-4-5-9-20-19/h1-9,18,23H,10-16H2/p+2/t18-/m1/s1. The fourth-order valence-corrected chi connectivity index (χ4v) is 3.13. The predicted molar refractivity (Wildman–Crippen MR) is 92.9 cm³/mol. The number of aromatic amines is 1. The summed E-state index contributed by atoms with van der Waals surface area (Å²) in [6, 6.07) is 16.2. The highest BCUT2D eigenvalue weighted by molar-refractivity contribution is 5.31. The number of pyridine rings is 1. The largest absolute Gasteiger partial charge is 0.385 e. The third kappa shape index (κ3) is 5.03. The van der Waals surface area contributed by atoms with Crippen molar-refractivity contribution in [2.45, 2.75) is 12.7 Å². The molecule has 0 amide bonds. The first-order valence-corrected chi connectivity index (χ1v) is 8.66. The molecule has 1 atom stereocenters. The first-order valence-electron chi connectivity index (χ1n) is 8.66. The van der Waals surface area contributed by atoms with Gasteiger partial charge in [0.15, 0.2) is 0 Å². The van der Waals surface area contributed by atoms with E-state index in [1.54, 1.807) is 0 Å². The number of anilines is 1. The predicted octanol–water partition coefficient (Wildman–Crippen LogP) is -0.217. The average molecular weight is 329 g/mol. The lowest BCUT2D eigenvalue weighted by atomic mass is 10.2. The van der Waals surface area contributed by atoms with Gasteiger partial charge in [-0.1, -0.05) is 36.4 Å². The third-order valence-electron chi connectivity index (χ3n) is 4.45. The molecule has 1 aromatic carbocycles. The van der Waals surface area contributed by atoms with Crippen molar-refractivity contribution in [1.29, 1.82) is 0 Å². The SMILES string of the molecule is O[C@@H](COCc1ccccc1)C[NH+]1CCN(c2cccc[nH+]2)CC1. The number of H-pyrrole nitrogens is 1. The van der Waals surface area contributed by atoms with Crippen LogP contribution in [0.25, 0.3) is 0 Å². The van der Waals surface area contributed by atoms with Gasteiger partial charge in [-0.3, -0.25) is 4.90 Å². The lowest BCUT2D eigenvalue weighted by Crippen LogP contribution is -3.16. The van der Waals surface area contributed by atoms with Gasteiger partial charge in [-0.05, 0) is 11.6 Å². The molecule has 0 radical (unpaired) electrons. The summed E-state index contributed by atoms with van der Waals surface area (Å²) in [5, 5.41) is 10.2. The molecule has 2 aromatic rings. The number of nitrogens with zero attached hydrogens (tertiary/aromatic N) is 1. The number of benzene rings is 1. The van der Waals surface area contributed by atoms with Crippen LogP contribution in [0.2, 0.25) is 0 Å². The minimum Gasteiger partial charge on any atom is -0.385 e. The van der Waals surface area contributed by atoms with Gasteiger partial charge in [-0.25, -0.2) is 4.98 Å². The summed E-state index contributed by atoms with van der Waals surface area (Å²) in [5.41, 5.74) is 1.14. The molecule has 3 N–H and O–H groups in total. The van der Waals surface area contributed by atoms with Crippen molar-refractivity contribution in [1.82, 2.24) is 0 Å². The Hall–Kier alpha value is -1.95. The zero-order chi connectivity index (χ0) is 16.6. The van der Waals surface area contributed by atoms with E-state index in [1.165, 1.54) is 10.7 Å². The summed E-state index contributed by atoms with van der Waals surface area (Å²) >= 11 is 0. The van der Waals surface area contributed by atoms with Gasteiger partial charge in [0.1, 0.15) is 38.8 Å². The number of hydrogen-bond donors (Lipinski definition) is 2. The second-order valence-corrected chi connectivity index (χ2v) is 6.34. The van der Waals surface area contributed by atoms with Crippen LogP contribution in [0.15, 0.2) is 54.7 Å². The molecule has 0 aliphatic carbocycles. The van der Waals surface area contributed by atoms with Crippen molar-refractivity contribution in [3.05, 3.63) is 60.3 Å². The van der Waals surface area contributed by atoms with Gasteiger partial charge < -0.3 is 14.7 Å². The normalized spacial score (nSPS) is 17.0. The molecular formula is C19H27N3O2+2. The summed E-state index contributed by atoms with van der Waals surface area (Å²) in [7, 11) is 0. The van der Waals surface area contributed by atoms with E-state index >= 15 is 0 Å². The van der Waals surface area contributed by atoms with E-state index in [0.717, 1.165) is 38.3 Å². The van der Waals surface area contributed by atoms with E-state index < -0.39 is 6.10 Å². The van der Waals surface area contributed by atoms with E-state index in [2.05, 4.69) is 22.0 Å². The fraction of sp³-hybridized carbons (Fsp3) is 0.421. The number of nitrogens with one attached hydrogen (secondary N) is 2. The smallest absolute Gasteiger partial charge is 0.274 e. The number of aliphatic hydroxyl groups is 1. The number of quaternary nitrogens is 1. The molecule has 2 heterocycles. The molecule has 1 saturated heterocycles. The van der Waals surface area contributed by atoms with Crippen LogP contribution in [0.4, 0.5) is 5.82 Å². The van der Waals surface area contributed by atoms with Crippen LogP contribution in [0.3, 0.4) is 0 Å². The van der Waals surface area contributed by atoms with E-state index in [-0.39, 0.29) is 0 Å². The molecule has 0 spiro atoms. The Kier molecular flexibility index (Phi) is 6.18. The lowest BCUT2D eigenvalue weighted by molar-refractivity contribution is -0.903. The summed E-state index contributed by atoms with van der Waals surface area (Å²) in [5.74, 6) is 1.17. The Morgan fingerprint density at radius 3 is 2.54 bits per heavy atom. The molecule has 1 aliphatic rings. The third-order valence-corrected chi connectivity index (χ3v) is 4.45. The molecule has 0 bridgehead atoms. The molecule has 128 valence electrons. The lowest BCUT2D eigenvalue weighted by Gasteiger charge is -2.29. The van der Waals surface area contributed by atoms with Crippen LogP contribution in [-0.2, 0) is 11.3 Å². The monoisotopic (exact) mass is 329 g/mol. The Labute approximate surface area is 143 Å². The number of rotatable bonds is 7. The van der Waals surface area contributed by atoms with Crippen molar-refractivity contribution in [2.75, 3.05) is 44.2 Å². The molecule has 0 saturated carbocycles. The number of aromatic nitrogens is 1. The van der Waals surface area contributed by atoms with Gasteiger partial charge in [0.2, 0.25) is 0 Å². The number of aliphatic hydroxyl groups excluding tert-OH is 1. The van der Waals surface area contributed by atoms with Gasteiger partial charge in [0, 0.05) is 6.07 Å². The zero-order valence-electron chi connectivity index (χ0n) is 14.0. The molecule has 3 rings (SSSR count). The highest BCUT2D eigenvalue weighted by Crippen LogP contribution is 2.04. The maximum atomic E-state index is 10.2. The van der Waals surface area contributed by atoms with Gasteiger partial charge in [-0.2, -0.15) is 0 Å². The number of piperazine rings is 1. The molecule has 1 aliphatic heterocycles. The van der Waals surface area contributed by atoms with Gasteiger partial charge in [-0.15, -0.1) is 0 Å². The summed E-state index contributed by atoms with van der Waals surface area (Å²) in [6.45, 7) is 5.80. The topological polar surface area (TPSA) is 51.3 Å². The van der Waals surface area contributed by atoms with E-state index in [1.807, 2.05) is 42.6 Å². The first-order chi connectivity index (χ1) is 11.8. The van der Waals surface area contributed by atoms with Crippen molar-refractivity contribution >= 4 is 5.82 Å². The fourth-order valence-electron chi connectivity index (χ4n) is 3.13. The van der Waals surface area contributed by atoms with Crippen LogP contribution in [0.5, 0.6) is 0 Å². The summed E-state index contributed by atoms with van der Waals surface area (Å²) < 4.78 is 5.63. The Balaban J connectivity index is 1.35. The highest BCUT2D eigenvalue weighted by atomic mass is 16.5. The van der Waals surface area contributed by atoms with E-state index in [0.29, 0.717) is 13.2 Å². The Morgan fingerprint density at radius 2 is 1.83 bits per heavy atom. The van der Waals surface area contributed by atoms with Crippen LogP contribution in [0, 0.1) is 0 Å². The summed E-state index contributed by atoms with van der Waals surface area (Å²) in [6.07, 6.45) is 1.56. The zero-order valence-corrected chi connectivity index (χ0v) is 14.0.